The molecule has 0 aromatic carbocycles. The van der Waals surface area contributed by atoms with E-state index in [0.29, 0.717) is 0 Å². The molecule has 0 radical (unpaired) electrons. The normalized spacial score (nSPS) is 10.9. The van der Waals surface area contributed by atoms with Gasteiger partial charge in [-0.15, -0.1) is 10.2 Å². The van der Waals surface area contributed by atoms with Crippen LogP contribution < -0.4 is 5.32 Å². The highest BCUT2D eigenvalue weighted by molar-refractivity contribution is 7.15. The van der Waals surface area contributed by atoms with Crippen molar-refractivity contribution in [1.29, 1.82) is 0 Å². The van der Waals surface area contributed by atoms with E-state index in [0.717, 1.165) is 34.1 Å². The van der Waals surface area contributed by atoms with Gasteiger partial charge in [0.15, 0.2) is 0 Å². The van der Waals surface area contributed by atoms with Crippen molar-refractivity contribution in [2.24, 2.45) is 0 Å². The minimum atomic E-state index is 0.726. The second-order valence-electron chi connectivity index (χ2n) is 3.92. The van der Waals surface area contributed by atoms with E-state index in [9.17, 15) is 0 Å². The number of hydrogen-bond donors (Lipinski definition) is 2. The summed E-state index contributed by atoms with van der Waals surface area (Å²) in [5.74, 6) is 0. The van der Waals surface area contributed by atoms with Gasteiger partial charge >= 0.3 is 0 Å². The lowest BCUT2D eigenvalue weighted by molar-refractivity contribution is 0.976. The molecule has 3 heterocycles. The highest BCUT2D eigenvalue weighted by atomic mass is 32.1. The van der Waals surface area contributed by atoms with Gasteiger partial charge in [-0.05, 0) is 24.1 Å². The van der Waals surface area contributed by atoms with Crippen molar-refractivity contribution in [3.05, 3.63) is 35.1 Å². The maximum Gasteiger partial charge on any atom is 0.205 e. The number of rotatable bonds is 4. The molecule has 0 saturated carbocycles. The number of hydrogen-bond acceptors (Lipinski definition) is 5. The molecular weight excluding hydrogens is 246 g/mol. The van der Waals surface area contributed by atoms with Gasteiger partial charge in [-0.25, -0.2) is 4.98 Å². The molecule has 0 unspecified atom stereocenters. The van der Waals surface area contributed by atoms with E-state index in [1.807, 2.05) is 12.3 Å². The van der Waals surface area contributed by atoms with E-state index < -0.39 is 0 Å². The maximum absolute atomic E-state index is 4.27. The Kier molecular flexibility index (Phi) is 2.93. The molecule has 2 N–H and O–H groups in total. The molecule has 6 heteroatoms. The van der Waals surface area contributed by atoms with Gasteiger partial charge in [-0.3, -0.25) is 0 Å². The number of aromatic amines is 1. The van der Waals surface area contributed by atoms with Crippen molar-refractivity contribution in [3.8, 4) is 0 Å². The summed E-state index contributed by atoms with van der Waals surface area (Å²) in [5, 5.41) is 14.5. The van der Waals surface area contributed by atoms with Crippen molar-refractivity contribution in [1.82, 2.24) is 20.2 Å². The molecule has 92 valence electrons. The van der Waals surface area contributed by atoms with E-state index >= 15 is 0 Å². The third-order valence-corrected chi connectivity index (χ3v) is 3.76. The maximum atomic E-state index is 4.27. The van der Waals surface area contributed by atoms with E-state index in [-0.39, 0.29) is 0 Å². The minimum Gasteiger partial charge on any atom is -0.356 e. The smallest absolute Gasteiger partial charge is 0.205 e. The average molecular weight is 259 g/mol. The Bertz CT molecular complexity index is 657. The van der Waals surface area contributed by atoms with E-state index in [1.165, 1.54) is 5.56 Å². The summed E-state index contributed by atoms with van der Waals surface area (Å²) in [7, 11) is 0. The molecule has 0 aliphatic heterocycles. The Hall–Kier alpha value is -1.95. The van der Waals surface area contributed by atoms with Gasteiger partial charge in [0.25, 0.3) is 0 Å². The summed E-state index contributed by atoms with van der Waals surface area (Å²) >= 11 is 1.60. The summed E-state index contributed by atoms with van der Waals surface area (Å²) in [4.78, 5) is 7.42. The van der Waals surface area contributed by atoms with Crippen LogP contribution in [0.1, 0.15) is 17.5 Å². The number of H-pyrrole nitrogens is 1. The van der Waals surface area contributed by atoms with Crippen LogP contribution in [0.5, 0.6) is 0 Å². The van der Waals surface area contributed by atoms with E-state index in [2.05, 4.69) is 38.5 Å². The number of anilines is 1. The number of nitrogens with zero attached hydrogens (tertiary/aromatic N) is 3. The zero-order chi connectivity index (χ0) is 12.4. The molecule has 3 aromatic heterocycles. The lowest BCUT2D eigenvalue weighted by atomic mass is 10.2. The van der Waals surface area contributed by atoms with Crippen molar-refractivity contribution in [2.75, 3.05) is 5.32 Å². The number of nitrogens with one attached hydrogen (secondary N) is 2. The number of aromatic nitrogens is 4. The zero-order valence-electron chi connectivity index (χ0n) is 9.97. The van der Waals surface area contributed by atoms with Gasteiger partial charge in [0.2, 0.25) is 5.13 Å². The number of fused-ring (bicyclic) bond motifs is 1. The standard InChI is InChI=1S/C12H13N5S/c1-2-10-16-17-12(18-10)15-7-8-6-14-11-9(8)4-3-5-13-11/h3-6H,2,7H2,1H3,(H,13,14)(H,15,17). The first-order valence-corrected chi connectivity index (χ1v) is 6.65. The molecule has 18 heavy (non-hydrogen) atoms. The van der Waals surface area contributed by atoms with Crippen LogP contribution in [0.25, 0.3) is 11.0 Å². The summed E-state index contributed by atoms with van der Waals surface area (Å²) in [6.45, 7) is 2.81. The molecule has 0 atom stereocenters. The Labute approximate surface area is 108 Å². The first-order valence-electron chi connectivity index (χ1n) is 5.84. The minimum absolute atomic E-state index is 0.726. The molecule has 0 bridgehead atoms. The molecular formula is C12H13N5S. The van der Waals surface area contributed by atoms with Gasteiger partial charge in [0.05, 0.1) is 0 Å². The van der Waals surface area contributed by atoms with Crippen molar-refractivity contribution < 1.29 is 0 Å². The summed E-state index contributed by atoms with van der Waals surface area (Å²) in [6, 6.07) is 4.01. The van der Waals surface area contributed by atoms with Crippen molar-refractivity contribution in [2.45, 2.75) is 19.9 Å². The lowest BCUT2D eigenvalue weighted by Crippen LogP contribution is -1.97. The fourth-order valence-electron chi connectivity index (χ4n) is 1.80. The number of aryl methyl sites for hydroxylation is 1. The first-order chi connectivity index (χ1) is 8.86. The molecule has 0 spiro atoms. The predicted molar refractivity (Wildman–Crippen MR) is 72.7 cm³/mol. The molecule has 0 fully saturated rings. The Morgan fingerprint density at radius 3 is 3.17 bits per heavy atom. The summed E-state index contributed by atoms with van der Waals surface area (Å²) in [5.41, 5.74) is 2.10. The number of pyridine rings is 1. The van der Waals surface area contributed by atoms with Gasteiger partial charge in [0.1, 0.15) is 10.7 Å². The van der Waals surface area contributed by atoms with E-state index in [1.54, 1.807) is 17.5 Å². The summed E-state index contributed by atoms with van der Waals surface area (Å²) < 4.78 is 0. The quantitative estimate of drug-likeness (QED) is 0.755. The van der Waals surface area contributed by atoms with Crippen LogP contribution in [-0.2, 0) is 13.0 Å². The fraction of sp³-hybridized carbons (Fsp3) is 0.250. The van der Waals surface area contributed by atoms with Gasteiger partial charge in [-0.1, -0.05) is 18.3 Å². The first kappa shape index (κ1) is 11.2. The van der Waals surface area contributed by atoms with E-state index in [4.69, 9.17) is 0 Å². The largest absolute Gasteiger partial charge is 0.356 e. The van der Waals surface area contributed by atoms with Crippen LogP contribution in [0.2, 0.25) is 0 Å². The molecule has 3 aromatic rings. The lowest BCUT2D eigenvalue weighted by Gasteiger charge is -1.99. The molecule has 0 aliphatic carbocycles. The Morgan fingerprint density at radius 1 is 1.39 bits per heavy atom. The van der Waals surface area contributed by atoms with Crippen LogP contribution >= 0.6 is 11.3 Å². The van der Waals surface area contributed by atoms with Crippen LogP contribution in [-0.4, -0.2) is 20.2 Å². The molecule has 0 saturated heterocycles. The van der Waals surface area contributed by atoms with Crippen LogP contribution in [0.3, 0.4) is 0 Å². The van der Waals surface area contributed by atoms with Crippen molar-refractivity contribution in [3.63, 3.8) is 0 Å². The van der Waals surface area contributed by atoms with Crippen LogP contribution in [0.4, 0.5) is 5.13 Å². The third-order valence-electron chi connectivity index (χ3n) is 2.74. The van der Waals surface area contributed by atoms with Gasteiger partial charge in [-0.2, -0.15) is 0 Å². The van der Waals surface area contributed by atoms with Gasteiger partial charge in [0, 0.05) is 24.3 Å². The molecule has 5 nitrogen and oxygen atoms in total. The van der Waals surface area contributed by atoms with Gasteiger partial charge < -0.3 is 10.3 Å². The van der Waals surface area contributed by atoms with Crippen molar-refractivity contribution >= 4 is 27.5 Å². The predicted octanol–water partition coefficient (Wildman–Crippen LogP) is 2.59. The Morgan fingerprint density at radius 2 is 2.33 bits per heavy atom. The highest BCUT2D eigenvalue weighted by Gasteiger charge is 2.05. The highest BCUT2D eigenvalue weighted by Crippen LogP contribution is 2.19. The molecule has 0 aliphatic rings. The Balaban J connectivity index is 1.76. The third kappa shape index (κ3) is 2.06. The monoisotopic (exact) mass is 259 g/mol. The zero-order valence-corrected chi connectivity index (χ0v) is 10.8. The topological polar surface area (TPSA) is 66.5 Å². The second-order valence-corrected chi connectivity index (χ2v) is 4.98. The fourth-order valence-corrected chi connectivity index (χ4v) is 2.47. The average Bonchev–Trinajstić information content (AvgIpc) is 3.03. The van der Waals surface area contributed by atoms with Crippen LogP contribution in [0.15, 0.2) is 24.5 Å². The molecule has 0 amide bonds. The summed E-state index contributed by atoms with van der Waals surface area (Å²) in [6.07, 6.45) is 4.69. The molecule has 3 rings (SSSR count). The second kappa shape index (κ2) is 4.73. The van der Waals surface area contributed by atoms with Crippen LogP contribution in [0, 0.1) is 0 Å². The SMILES string of the molecule is CCc1nnc(NCc2c[nH]c3ncccc23)s1.